The number of benzene rings is 1. The van der Waals surface area contributed by atoms with Gasteiger partial charge in [-0.3, -0.25) is 14.4 Å². The Bertz CT molecular complexity index is 758. The largest absolute Gasteiger partial charge is 0.461 e. The van der Waals surface area contributed by atoms with Gasteiger partial charge in [0.1, 0.15) is 11.9 Å². The lowest BCUT2D eigenvalue weighted by molar-refractivity contribution is -0.152. The standard InChI is InChI=1S/C21H28FN3O4/c1-24(2)14-17-13-21(20(28)29-17)8-11-25(12-9-21)18(26)7-10-23-19(27)15-3-5-16(22)6-4-15/h3-6,17H,7-14H2,1-2H3,(H,23,27). The number of halogens is 1. The van der Waals surface area contributed by atoms with Gasteiger partial charge in [0.2, 0.25) is 5.91 Å². The normalized spacial score (nSPS) is 20.8. The molecule has 158 valence electrons. The Labute approximate surface area is 170 Å². The Morgan fingerprint density at radius 2 is 1.90 bits per heavy atom. The Hall–Kier alpha value is -2.48. The van der Waals surface area contributed by atoms with E-state index in [2.05, 4.69) is 5.32 Å². The molecule has 2 aliphatic heterocycles. The number of piperidine rings is 1. The molecule has 0 bridgehead atoms. The van der Waals surface area contributed by atoms with Crippen molar-refractivity contribution in [3.8, 4) is 0 Å². The summed E-state index contributed by atoms with van der Waals surface area (Å²) >= 11 is 0. The molecule has 29 heavy (non-hydrogen) atoms. The molecule has 0 aromatic heterocycles. The molecule has 1 aromatic rings. The van der Waals surface area contributed by atoms with Crippen molar-refractivity contribution in [1.82, 2.24) is 15.1 Å². The molecule has 0 saturated carbocycles. The molecule has 7 nitrogen and oxygen atoms in total. The van der Waals surface area contributed by atoms with Crippen molar-refractivity contribution in [1.29, 1.82) is 0 Å². The van der Waals surface area contributed by atoms with Crippen molar-refractivity contribution in [2.45, 2.75) is 31.8 Å². The minimum Gasteiger partial charge on any atom is -0.461 e. The minimum absolute atomic E-state index is 0.0459. The Kier molecular flexibility index (Phi) is 6.52. The summed E-state index contributed by atoms with van der Waals surface area (Å²) in [5.74, 6) is -0.923. The number of ether oxygens (including phenoxy) is 1. The zero-order chi connectivity index (χ0) is 21.0. The molecule has 1 aromatic carbocycles. The smallest absolute Gasteiger partial charge is 0.312 e. The third-order valence-corrected chi connectivity index (χ3v) is 5.70. The van der Waals surface area contributed by atoms with E-state index in [0.29, 0.717) is 44.5 Å². The van der Waals surface area contributed by atoms with Gasteiger partial charge in [-0.25, -0.2) is 4.39 Å². The van der Waals surface area contributed by atoms with Gasteiger partial charge in [0.25, 0.3) is 5.91 Å². The predicted octanol–water partition coefficient (Wildman–Crippen LogP) is 1.43. The van der Waals surface area contributed by atoms with Gasteiger partial charge in [0.05, 0.1) is 5.41 Å². The molecule has 2 aliphatic rings. The number of likely N-dealkylation sites (N-methyl/N-ethyl adjacent to an activating group) is 1. The molecule has 2 saturated heterocycles. The first-order valence-corrected chi connectivity index (χ1v) is 9.96. The third kappa shape index (κ3) is 5.12. The fourth-order valence-corrected chi connectivity index (χ4v) is 4.08. The van der Waals surface area contributed by atoms with Crippen molar-refractivity contribution in [2.24, 2.45) is 5.41 Å². The van der Waals surface area contributed by atoms with E-state index in [0.717, 1.165) is 0 Å². The second-order valence-electron chi connectivity index (χ2n) is 8.17. The van der Waals surface area contributed by atoms with Crippen LogP contribution in [0.1, 0.15) is 36.0 Å². The molecule has 0 radical (unpaired) electrons. The Morgan fingerprint density at radius 3 is 2.52 bits per heavy atom. The first-order chi connectivity index (χ1) is 13.8. The van der Waals surface area contributed by atoms with Gasteiger partial charge in [0, 0.05) is 44.6 Å². The highest BCUT2D eigenvalue weighted by molar-refractivity contribution is 5.94. The Morgan fingerprint density at radius 1 is 1.24 bits per heavy atom. The van der Waals surface area contributed by atoms with Gasteiger partial charge in [-0.15, -0.1) is 0 Å². The highest BCUT2D eigenvalue weighted by Crippen LogP contribution is 2.43. The molecule has 1 N–H and O–H groups in total. The number of cyclic esters (lactones) is 1. The monoisotopic (exact) mass is 405 g/mol. The molecular weight excluding hydrogens is 377 g/mol. The van der Waals surface area contributed by atoms with Crippen LogP contribution in [0.3, 0.4) is 0 Å². The van der Waals surface area contributed by atoms with Crippen LogP contribution < -0.4 is 5.32 Å². The number of esters is 1. The zero-order valence-corrected chi connectivity index (χ0v) is 16.9. The van der Waals surface area contributed by atoms with Crippen LogP contribution in [-0.4, -0.2) is 74.0 Å². The molecule has 2 amide bonds. The molecular formula is C21H28FN3O4. The van der Waals surface area contributed by atoms with Gasteiger partial charge < -0.3 is 19.9 Å². The second kappa shape index (κ2) is 8.90. The van der Waals surface area contributed by atoms with Gasteiger partial charge in [-0.1, -0.05) is 0 Å². The van der Waals surface area contributed by atoms with Gasteiger partial charge >= 0.3 is 5.97 Å². The first-order valence-electron chi connectivity index (χ1n) is 9.96. The van der Waals surface area contributed by atoms with Crippen molar-refractivity contribution < 1.29 is 23.5 Å². The average Bonchev–Trinajstić information content (AvgIpc) is 2.96. The lowest BCUT2D eigenvalue weighted by Gasteiger charge is -2.36. The first kappa shape index (κ1) is 21.2. The van der Waals surface area contributed by atoms with Crippen LogP contribution in [0.15, 0.2) is 24.3 Å². The fraction of sp³-hybridized carbons (Fsp3) is 0.571. The quantitative estimate of drug-likeness (QED) is 0.725. The van der Waals surface area contributed by atoms with E-state index >= 15 is 0 Å². The average molecular weight is 405 g/mol. The number of rotatable bonds is 6. The molecule has 2 fully saturated rings. The molecule has 1 spiro atoms. The summed E-state index contributed by atoms with van der Waals surface area (Å²) in [6.45, 7) is 1.97. The minimum atomic E-state index is -0.464. The van der Waals surface area contributed by atoms with Crippen molar-refractivity contribution >= 4 is 17.8 Å². The zero-order valence-electron chi connectivity index (χ0n) is 16.9. The number of carbonyl (C=O) groups excluding carboxylic acids is 3. The maximum atomic E-state index is 12.9. The number of carbonyl (C=O) groups is 3. The van der Waals surface area contributed by atoms with E-state index in [1.807, 2.05) is 19.0 Å². The summed E-state index contributed by atoms with van der Waals surface area (Å²) in [4.78, 5) is 40.6. The van der Waals surface area contributed by atoms with Crippen LogP contribution in [-0.2, 0) is 14.3 Å². The highest BCUT2D eigenvalue weighted by atomic mass is 19.1. The SMILES string of the molecule is CN(C)CC1CC2(CCN(C(=O)CCNC(=O)c3ccc(F)cc3)CC2)C(=O)O1. The summed E-state index contributed by atoms with van der Waals surface area (Å²) < 4.78 is 18.5. The summed E-state index contributed by atoms with van der Waals surface area (Å²) in [6.07, 6.45) is 2.04. The van der Waals surface area contributed by atoms with Crippen LogP contribution in [0, 0.1) is 11.2 Å². The van der Waals surface area contributed by atoms with E-state index in [1.54, 1.807) is 4.90 Å². The summed E-state index contributed by atoms with van der Waals surface area (Å²) in [5, 5.41) is 2.68. The lowest BCUT2D eigenvalue weighted by Crippen LogP contribution is -2.45. The summed E-state index contributed by atoms with van der Waals surface area (Å²) in [7, 11) is 3.91. The van der Waals surface area contributed by atoms with Crippen molar-refractivity contribution in [3.63, 3.8) is 0 Å². The maximum Gasteiger partial charge on any atom is 0.312 e. The van der Waals surface area contributed by atoms with E-state index < -0.39 is 11.2 Å². The topological polar surface area (TPSA) is 79.0 Å². The van der Waals surface area contributed by atoms with Crippen molar-refractivity contribution in [2.75, 3.05) is 40.3 Å². The Balaban J connectivity index is 1.42. The maximum absolute atomic E-state index is 12.9. The highest BCUT2D eigenvalue weighted by Gasteiger charge is 2.50. The molecule has 8 heteroatoms. The molecule has 2 heterocycles. The second-order valence-corrected chi connectivity index (χ2v) is 8.17. The number of nitrogens with zero attached hydrogens (tertiary/aromatic N) is 2. The van der Waals surface area contributed by atoms with Crippen LogP contribution in [0.2, 0.25) is 0 Å². The van der Waals surface area contributed by atoms with Crippen LogP contribution in [0.4, 0.5) is 4.39 Å². The molecule has 3 rings (SSSR count). The molecule has 0 aliphatic carbocycles. The van der Waals surface area contributed by atoms with Crippen molar-refractivity contribution in [3.05, 3.63) is 35.6 Å². The van der Waals surface area contributed by atoms with E-state index in [1.165, 1.54) is 24.3 Å². The van der Waals surface area contributed by atoms with E-state index in [-0.39, 0.29) is 36.9 Å². The lowest BCUT2D eigenvalue weighted by atomic mass is 9.76. The summed E-state index contributed by atoms with van der Waals surface area (Å²) in [5.41, 5.74) is -0.111. The van der Waals surface area contributed by atoms with Crippen LogP contribution >= 0.6 is 0 Å². The number of hydrogen-bond acceptors (Lipinski definition) is 5. The van der Waals surface area contributed by atoms with Gasteiger partial charge in [-0.2, -0.15) is 0 Å². The van der Waals surface area contributed by atoms with E-state index in [9.17, 15) is 18.8 Å². The van der Waals surface area contributed by atoms with Gasteiger partial charge in [0.15, 0.2) is 0 Å². The summed E-state index contributed by atoms with van der Waals surface area (Å²) in [6, 6.07) is 5.25. The predicted molar refractivity (Wildman–Crippen MR) is 105 cm³/mol. The van der Waals surface area contributed by atoms with Crippen LogP contribution in [0.25, 0.3) is 0 Å². The van der Waals surface area contributed by atoms with Crippen LogP contribution in [0.5, 0.6) is 0 Å². The number of likely N-dealkylation sites (tertiary alicyclic amines) is 1. The third-order valence-electron chi connectivity index (χ3n) is 5.70. The van der Waals surface area contributed by atoms with E-state index in [4.69, 9.17) is 4.74 Å². The number of hydrogen-bond donors (Lipinski definition) is 1. The number of amides is 2. The molecule has 1 atom stereocenters. The number of nitrogens with one attached hydrogen (secondary N) is 1. The fourth-order valence-electron chi connectivity index (χ4n) is 4.08. The molecule has 1 unspecified atom stereocenters. The van der Waals surface area contributed by atoms with Gasteiger partial charge in [-0.05, 0) is 51.2 Å².